The monoisotopic (exact) mass is 280 g/mol. The summed E-state index contributed by atoms with van der Waals surface area (Å²) in [6.07, 6.45) is -1.90. The van der Waals surface area contributed by atoms with E-state index in [4.69, 9.17) is 10.5 Å². The first-order chi connectivity index (χ1) is 9.49. The van der Waals surface area contributed by atoms with Gasteiger partial charge >= 0.3 is 0 Å². The number of hydrogen-bond acceptors (Lipinski definition) is 7. The summed E-state index contributed by atoms with van der Waals surface area (Å²) in [5.41, 5.74) is 5.68. The molecule has 0 aliphatic carbocycles. The summed E-state index contributed by atoms with van der Waals surface area (Å²) in [5, 5.41) is 33.4. The average molecular weight is 280 g/mol. The summed E-state index contributed by atoms with van der Waals surface area (Å²) in [6, 6.07) is 3.42. The van der Waals surface area contributed by atoms with Crippen LogP contribution in [0.2, 0.25) is 0 Å². The van der Waals surface area contributed by atoms with Gasteiger partial charge in [-0.1, -0.05) is 0 Å². The van der Waals surface area contributed by atoms with Crippen LogP contribution in [0.1, 0.15) is 12.6 Å². The van der Waals surface area contributed by atoms with Gasteiger partial charge in [0.25, 0.3) is 0 Å². The van der Waals surface area contributed by atoms with Crippen molar-refractivity contribution in [1.29, 1.82) is 0 Å². The molecule has 0 aromatic carbocycles. The van der Waals surface area contributed by atoms with Crippen LogP contribution in [0.4, 0.5) is 5.82 Å². The van der Waals surface area contributed by atoms with Crippen LogP contribution in [0.3, 0.4) is 0 Å². The first kappa shape index (κ1) is 13.3. The first-order valence-electron chi connectivity index (χ1n) is 6.22. The Labute approximate surface area is 114 Å². The summed E-state index contributed by atoms with van der Waals surface area (Å²) in [4.78, 5) is 3.89. The molecule has 0 bridgehead atoms. The van der Waals surface area contributed by atoms with Crippen molar-refractivity contribution in [3.63, 3.8) is 0 Å². The molecular formula is C12H16N4O4. The van der Waals surface area contributed by atoms with Crippen molar-refractivity contribution in [2.75, 3.05) is 12.3 Å². The Bertz CT molecular complexity index is 645. The molecule has 0 radical (unpaired) electrons. The van der Waals surface area contributed by atoms with Crippen LogP contribution < -0.4 is 5.73 Å². The molecule has 8 heteroatoms. The molecule has 8 nitrogen and oxygen atoms in total. The van der Waals surface area contributed by atoms with Gasteiger partial charge in [-0.3, -0.25) is 0 Å². The van der Waals surface area contributed by atoms with Gasteiger partial charge in [-0.25, -0.2) is 9.50 Å². The topological polar surface area (TPSA) is 126 Å². The quantitative estimate of drug-likeness (QED) is 0.535. The Morgan fingerprint density at radius 3 is 2.85 bits per heavy atom. The summed E-state index contributed by atoms with van der Waals surface area (Å²) in [7, 11) is 0. The van der Waals surface area contributed by atoms with E-state index in [0.717, 1.165) is 0 Å². The van der Waals surface area contributed by atoms with Crippen molar-refractivity contribution in [2.24, 2.45) is 0 Å². The van der Waals surface area contributed by atoms with Crippen molar-refractivity contribution in [3.05, 3.63) is 24.2 Å². The number of aromatic nitrogens is 3. The molecule has 3 rings (SSSR count). The third-order valence-electron chi connectivity index (χ3n) is 3.84. The lowest BCUT2D eigenvalue weighted by molar-refractivity contribution is -0.0890. The van der Waals surface area contributed by atoms with E-state index in [2.05, 4.69) is 10.1 Å². The van der Waals surface area contributed by atoms with Gasteiger partial charge in [0.2, 0.25) is 0 Å². The molecule has 3 heterocycles. The van der Waals surface area contributed by atoms with Crippen molar-refractivity contribution in [3.8, 4) is 0 Å². The maximum Gasteiger partial charge on any atom is 0.151 e. The second-order valence-corrected chi connectivity index (χ2v) is 5.04. The largest absolute Gasteiger partial charge is 0.394 e. The predicted octanol–water partition coefficient (Wildman–Crippen LogP) is -1.36. The lowest BCUT2D eigenvalue weighted by Crippen LogP contribution is -2.39. The second-order valence-electron chi connectivity index (χ2n) is 5.04. The maximum atomic E-state index is 10.2. The van der Waals surface area contributed by atoms with Crippen LogP contribution in [0, 0.1) is 0 Å². The summed E-state index contributed by atoms with van der Waals surface area (Å²) in [5.74, 6) is 0.307. The number of rotatable bonds is 2. The smallest absolute Gasteiger partial charge is 0.151 e. The molecule has 1 aliphatic rings. The summed E-state index contributed by atoms with van der Waals surface area (Å²) in [6.45, 7) is 1.25. The van der Waals surface area contributed by atoms with Gasteiger partial charge in [-0.2, -0.15) is 5.10 Å². The van der Waals surface area contributed by atoms with Crippen molar-refractivity contribution < 1.29 is 20.1 Å². The van der Waals surface area contributed by atoms with E-state index in [-0.39, 0.29) is 6.61 Å². The van der Waals surface area contributed by atoms with E-state index in [0.29, 0.717) is 17.0 Å². The van der Waals surface area contributed by atoms with Crippen LogP contribution in [-0.4, -0.2) is 54.8 Å². The van der Waals surface area contributed by atoms with E-state index in [1.165, 1.54) is 10.8 Å². The number of nitrogens with zero attached hydrogens (tertiary/aromatic N) is 3. The van der Waals surface area contributed by atoms with E-state index in [1.807, 2.05) is 0 Å². The zero-order valence-corrected chi connectivity index (χ0v) is 10.8. The number of aliphatic hydroxyl groups is 3. The maximum absolute atomic E-state index is 10.2. The Morgan fingerprint density at radius 1 is 1.45 bits per heavy atom. The molecule has 2 aromatic heterocycles. The van der Waals surface area contributed by atoms with E-state index in [9.17, 15) is 15.3 Å². The van der Waals surface area contributed by atoms with Gasteiger partial charge in [-0.05, 0) is 19.1 Å². The molecule has 4 atom stereocenters. The fraction of sp³-hybridized carbons (Fsp3) is 0.500. The zero-order chi connectivity index (χ0) is 14.5. The number of anilines is 1. The molecule has 1 fully saturated rings. The van der Waals surface area contributed by atoms with Crippen molar-refractivity contribution in [2.45, 2.75) is 30.8 Å². The van der Waals surface area contributed by atoms with Crippen LogP contribution in [0.5, 0.6) is 0 Å². The standard InChI is InChI=1S/C12H16N4O4/c1-12(10(19)9(18)7(4-17)20-12)8-3-2-6-11(13)14-5-15-16(6)8/h2-3,5,7,9-10,17-19H,4H2,1H3,(H2,13,14,15)/t7-,9?,10+,12+/m1/s1. The van der Waals surface area contributed by atoms with Crippen molar-refractivity contribution >= 4 is 11.3 Å². The van der Waals surface area contributed by atoms with Gasteiger partial charge in [0, 0.05) is 0 Å². The van der Waals surface area contributed by atoms with Crippen LogP contribution in [0.25, 0.3) is 5.52 Å². The second kappa shape index (κ2) is 4.38. The normalized spacial score (nSPS) is 33.9. The number of aliphatic hydroxyl groups excluding tert-OH is 3. The van der Waals surface area contributed by atoms with E-state index < -0.39 is 23.9 Å². The summed E-state index contributed by atoms with van der Waals surface area (Å²) < 4.78 is 7.15. The van der Waals surface area contributed by atoms with Gasteiger partial charge in [0.15, 0.2) is 5.82 Å². The Hall–Kier alpha value is -1.74. The minimum absolute atomic E-state index is 0.307. The van der Waals surface area contributed by atoms with Gasteiger partial charge < -0.3 is 25.8 Å². The lowest BCUT2D eigenvalue weighted by atomic mass is 9.93. The molecular weight excluding hydrogens is 264 g/mol. The lowest BCUT2D eigenvalue weighted by Gasteiger charge is -2.27. The van der Waals surface area contributed by atoms with Crippen LogP contribution >= 0.6 is 0 Å². The number of ether oxygens (including phenoxy) is 1. The minimum atomic E-state index is -1.19. The highest BCUT2D eigenvalue weighted by Crippen LogP contribution is 2.40. The summed E-state index contributed by atoms with van der Waals surface area (Å²) >= 11 is 0. The Morgan fingerprint density at radius 2 is 2.20 bits per heavy atom. The minimum Gasteiger partial charge on any atom is -0.394 e. The zero-order valence-electron chi connectivity index (χ0n) is 10.8. The number of nitrogen functional groups attached to an aromatic ring is 1. The molecule has 20 heavy (non-hydrogen) atoms. The highest BCUT2D eigenvalue weighted by atomic mass is 16.6. The van der Waals surface area contributed by atoms with E-state index >= 15 is 0 Å². The first-order valence-corrected chi connectivity index (χ1v) is 6.22. The van der Waals surface area contributed by atoms with Crippen molar-refractivity contribution in [1.82, 2.24) is 14.6 Å². The third-order valence-corrected chi connectivity index (χ3v) is 3.84. The Balaban J connectivity index is 2.13. The fourth-order valence-electron chi connectivity index (χ4n) is 2.67. The molecule has 1 aliphatic heterocycles. The van der Waals surface area contributed by atoms with Gasteiger partial charge in [0.05, 0.1) is 12.3 Å². The van der Waals surface area contributed by atoms with E-state index in [1.54, 1.807) is 19.1 Å². The molecule has 0 amide bonds. The number of hydrogen-bond donors (Lipinski definition) is 4. The molecule has 2 aromatic rings. The molecule has 0 saturated carbocycles. The molecule has 1 saturated heterocycles. The van der Waals surface area contributed by atoms with Crippen LogP contribution in [-0.2, 0) is 10.3 Å². The highest BCUT2D eigenvalue weighted by molar-refractivity contribution is 5.65. The van der Waals surface area contributed by atoms with Crippen LogP contribution in [0.15, 0.2) is 18.5 Å². The fourth-order valence-corrected chi connectivity index (χ4v) is 2.67. The van der Waals surface area contributed by atoms with Gasteiger partial charge in [-0.15, -0.1) is 0 Å². The predicted molar refractivity (Wildman–Crippen MR) is 68.7 cm³/mol. The highest BCUT2D eigenvalue weighted by Gasteiger charge is 2.53. The molecule has 0 spiro atoms. The number of fused-ring (bicyclic) bond motifs is 1. The molecule has 5 N–H and O–H groups in total. The van der Waals surface area contributed by atoms with Gasteiger partial charge in [0.1, 0.15) is 35.8 Å². The Kier molecular flexibility index (Phi) is 2.91. The molecule has 108 valence electrons. The molecule has 1 unspecified atom stereocenters. The number of nitrogens with two attached hydrogens (primary N) is 1. The third kappa shape index (κ3) is 1.63. The SMILES string of the molecule is C[C@@]1(c2ccc3c(N)ncnn23)O[C@H](CO)C(O)[C@@H]1O. The average Bonchev–Trinajstić information content (AvgIpc) is 2.96.